The van der Waals surface area contributed by atoms with E-state index in [1.54, 1.807) is 33.2 Å². The van der Waals surface area contributed by atoms with Crippen molar-refractivity contribution in [2.45, 2.75) is 19.4 Å². The summed E-state index contributed by atoms with van der Waals surface area (Å²) in [5.74, 6) is -1.62. The van der Waals surface area contributed by atoms with Crippen molar-refractivity contribution >= 4 is 56.0 Å². The van der Waals surface area contributed by atoms with Crippen LogP contribution in [0.4, 0.5) is 10.1 Å². The number of likely N-dealkylation sites (N-methyl/N-ethyl adjacent to an activating group) is 2. The Balaban J connectivity index is 1.70. The van der Waals surface area contributed by atoms with Gasteiger partial charge in [-0.05, 0) is 56.3 Å². The maximum absolute atomic E-state index is 14.8. The monoisotopic (exact) mass is 528 g/mol. The first-order chi connectivity index (χ1) is 16.0. The minimum Gasteiger partial charge on any atom is -0.340 e. The predicted molar refractivity (Wildman–Crippen MR) is 133 cm³/mol. The van der Waals surface area contributed by atoms with Crippen LogP contribution in [-0.2, 0) is 14.8 Å². The number of carbonyl (C=O) groups excluding carboxylic acids is 2. The molecule has 1 aliphatic rings. The number of hydrogen-bond donors (Lipinski definition) is 2. The average molecular weight is 529 g/mol. The van der Waals surface area contributed by atoms with Crippen LogP contribution in [0.2, 0.25) is 4.34 Å². The van der Waals surface area contributed by atoms with E-state index in [4.69, 9.17) is 11.6 Å². The lowest BCUT2D eigenvalue weighted by Crippen LogP contribution is -2.41. The van der Waals surface area contributed by atoms with Gasteiger partial charge in [-0.2, -0.15) is 4.72 Å². The van der Waals surface area contributed by atoms with Crippen LogP contribution in [0.15, 0.2) is 35.7 Å². The fraction of sp³-hybridized carbons (Fsp3) is 0.364. The van der Waals surface area contributed by atoms with E-state index in [1.165, 1.54) is 33.3 Å². The Morgan fingerprint density at radius 1 is 1.35 bits per heavy atom. The van der Waals surface area contributed by atoms with Crippen LogP contribution in [0.3, 0.4) is 0 Å². The molecule has 0 aliphatic carbocycles. The molecule has 2 amide bonds. The van der Waals surface area contributed by atoms with E-state index in [2.05, 4.69) is 10.0 Å². The fourth-order valence-electron chi connectivity index (χ4n) is 3.54. The van der Waals surface area contributed by atoms with Crippen molar-refractivity contribution in [3.05, 3.63) is 56.3 Å². The quantitative estimate of drug-likeness (QED) is 0.521. The third-order valence-corrected chi connectivity index (χ3v) is 7.98. The molecule has 1 aromatic carbocycles. The highest BCUT2D eigenvalue weighted by atomic mass is 35.5. The maximum Gasteiger partial charge on any atom is 0.253 e. The summed E-state index contributed by atoms with van der Waals surface area (Å²) < 4.78 is 42.9. The SMILES string of the molecule is CNCCN(C)C(=O)c1ccc(N2CCC(NS(=O)(=O)/C=C(\C)c3ccc(Cl)s3)C2=O)c(F)c1. The molecular formula is C22H26ClFN4O4S2. The first kappa shape index (κ1) is 26.3. The second kappa shape index (κ2) is 11.0. The summed E-state index contributed by atoms with van der Waals surface area (Å²) in [6.07, 6.45) is 0.183. The minimum absolute atomic E-state index is 0.000996. The van der Waals surface area contributed by atoms with E-state index < -0.39 is 27.8 Å². The molecule has 2 heterocycles. The third-order valence-electron chi connectivity index (χ3n) is 5.34. The molecular weight excluding hydrogens is 503 g/mol. The summed E-state index contributed by atoms with van der Waals surface area (Å²) in [6, 6.07) is 6.29. The largest absolute Gasteiger partial charge is 0.340 e. The van der Waals surface area contributed by atoms with E-state index in [0.29, 0.717) is 27.9 Å². The average Bonchev–Trinajstić information content (AvgIpc) is 3.37. The number of anilines is 1. The van der Waals surface area contributed by atoms with E-state index in [9.17, 15) is 22.4 Å². The van der Waals surface area contributed by atoms with Crippen LogP contribution in [0.5, 0.6) is 0 Å². The van der Waals surface area contributed by atoms with Gasteiger partial charge in [0.25, 0.3) is 5.91 Å². The van der Waals surface area contributed by atoms with E-state index >= 15 is 0 Å². The Morgan fingerprint density at radius 2 is 2.09 bits per heavy atom. The van der Waals surface area contributed by atoms with Gasteiger partial charge in [-0.25, -0.2) is 12.8 Å². The lowest BCUT2D eigenvalue weighted by molar-refractivity contribution is -0.118. The highest BCUT2D eigenvalue weighted by molar-refractivity contribution is 7.92. The van der Waals surface area contributed by atoms with Crippen molar-refractivity contribution < 1.29 is 22.4 Å². The number of sulfonamides is 1. The van der Waals surface area contributed by atoms with Crippen LogP contribution in [0, 0.1) is 5.82 Å². The standard InChI is InChI=1S/C22H26ClFN4O4S2/c1-14(19-6-7-20(23)33-19)13-34(31,32)26-17-8-10-28(22(17)30)18-5-4-15(12-16(18)24)21(29)27(3)11-9-25-2/h4-7,12-13,17,25-26H,8-11H2,1-3H3/b14-13+. The third kappa shape index (κ3) is 6.22. The number of carbonyl (C=O) groups is 2. The minimum atomic E-state index is -3.93. The molecule has 1 fully saturated rings. The number of nitrogens with one attached hydrogen (secondary N) is 2. The molecule has 0 spiro atoms. The van der Waals surface area contributed by atoms with Gasteiger partial charge in [-0.1, -0.05) is 11.6 Å². The molecule has 0 bridgehead atoms. The van der Waals surface area contributed by atoms with Crippen LogP contribution in [0.1, 0.15) is 28.6 Å². The first-order valence-corrected chi connectivity index (χ1v) is 13.2. The number of thiophene rings is 1. The molecule has 184 valence electrons. The van der Waals surface area contributed by atoms with Crippen molar-refractivity contribution in [2.75, 3.05) is 38.6 Å². The molecule has 0 radical (unpaired) electrons. The molecule has 0 saturated carbocycles. The predicted octanol–water partition coefficient (Wildman–Crippen LogP) is 2.92. The smallest absolute Gasteiger partial charge is 0.253 e. The van der Waals surface area contributed by atoms with Crippen molar-refractivity contribution in [3.8, 4) is 0 Å². The fourth-order valence-corrected chi connectivity index (χ4v) is 5.90. The summed E-state index contributed by atoms with van der Waals surface area (Å²) in [5, 5.41) is 3.99. The molecule has 12 heteroatoms. The molecule has 1 atom stereocenters. The van der Waals surface area contributed by atoms with Crippen molar-refractivity contribution in [1.82, 2.24) is 14.9 Å². The lowest BCUT2D eigenvalue weighted by Gasteiger charge is -2.20. The normalized spacial score (nSPS) is 16.9. The van der Waals surface area contributed by atoms with Gasteiger partial charge in [0.2, 0.25) is 15.9 Å². The Hall–Kier alpha value is -2.31. The van der Waals surface area contributed by atoms with Crippen LogP contribution >= 0.6 is 22.9 Å². The Bertz CT molecular complexity index is 1220. The highest BCUT2D eigenvalue weighted by Crippen LogP contribution is 2.29. The Labute approximate surface area is 207 Å². The summed E-state index contributed by atoms with van der Waals surface area (Å²) in [5.41, 5.74) is 0.650. The Kier molecular flexibility index (Phi) is 8.47. The van der Waals surface area contributed by atoms with Gasteiger partial charge < -0.3 is 15.1 Å². The second-order valence-electron chi connectivity index (χ2n) is 7.90. The number of amides is 2. The number of allylic oxidation sites excluding steroid dienone is 1. The zero-order valence-corrected chi connectivity index (χ0v) is 21.4. The van der Waals surface area contributed by atoms with Crippen molar-refractivity contribution in [3.63, 3.8) is 0 Å². The molecule has 1 aromatic heterocycles. The second-order valence-corrected chi connectivity index (χ2v) is 11.2. The zero-order chi connectivity index (χ0) is 25.0. The topological polar surface area (TPSA) is 98.8 Å². The number of halogens is 2. The number of rotatable bonds is 9. The van der Waals surface area contributed by atoms with Gasteiger partial charge in [0.05, 0.1) is 15.4 Å². The summed E-state index contributed by atoms with van der Waals surface area (Å²) in [4.78, 5) is 28.7. The van der Waals surface area contributed by atoms with E-state index in [1.807, 2.05) is 0 Å². The van der Waals surface area contributed by atoms with Crippen LogP contribution in [0.25, 0.3) is 5.57 Å². The number of nitrogens with zero attached hydrogens (tertiary/aromatic N) is 2. The van der Waals surface area contributed by atoms with Gasteiger partial charge in [0, 0.05) is 37.1 Å². The number of benzene rings is 1. The van der Waals surface area contributed by atoms with Crippen LogP contribution in [-0.4, -0.2) is 64.9 Å². The maximum atomic E-state index is 14.8. The van der Waals surface area contributed by atoms with Gasteiger partial charge in [0.15, 0.2) is 0 Å². The zero-order valence-electron chi connectivity index (χ0n) is 19.0. The highest BCUT2D eigenvalue weighted by Gasteiger charge is 2.36. The Morgan fingerprint density at radius 3 is 2.71 bits per heavy atom. The molecule has 1 aliphatic heterocycles. The van der Waals surface area contributed by atoms with Gasteiger partial charge >= 0.3 is 0 Å². The van der Waals surface area contributed by atoms with E-state index in [0.717, 1.165) is 11.5 Å². The molecule has 34 heavy (non-hydrogen) atoms. The molecule has 1 unspecified atom stereocenters. The molecule has 1 saturated heterocycles. The van der Waals surface area contributed by atoms with Crippen LogP contribution < -0.4 is 14.9 Å². The summed E-state index contributed by atoms with van der Waals surface area (Å²) in [6.45, 7) is 2.83. The van der Waals surface area contributed by atoms with Crippen molar-refractivity contribution in [1.29, 1.82) is 0 Å². The number of hydrogen-bond acceptors (Lipinski definition) is 6. The van der Waals surface area contributed by atoms with Gasteiger partial charge in [-0.3, -0.25) is 9.59 Å². The van der Waals surface area contributed by atoms with E-state index in [-0.39, 0.29) is 30.1 Å². The molecule has 8 nitrogen and oxygen atoms in total. The lowest BCUT2D eigenvalue weighted by atomic mass is 10.1. The van der Waals surface area contributed by atoms with Gasteiger partial charge in [-0.15, -0.1) is 11.3 Å². The van der Waals surface area contributed by atoms with Gasteiger partial charge in [0.1, 0.15) is 11.9 Å². The molecule has 2 aromatic rings. The molecule has 2 N–H and O–H groups in total. The molecule has 3 rings (SSSR count). The summed E-state index contributed by atoms with van der Waals surface area (Å²) >= 11 is 7.15. The first-order valence-electron chi connectivity index (χ1n) is 10.5. The van der Waals surface area contributed by atoms with Crippen molar-refractivity contribution in [2.24, 2.45) is 0 Å². The summed E-state index contributed by atoms with van der Waals surface area (Å²) in [7, 11) is -0.543.